The van der Waals surface area contributed by atoms with Crippen molar-refractivity contribution in [2.24, 2.45) is 17.3 Å². The largest absolute Gasteiger partial charge is 0.207 e. The Balaban J connectivity index is 2.14. The van der Waals surface area contributed by atoms with E-state index in [-0.39, 0.29) is 11.2 Å². The van der Waals surface area contributed by atoms with Gasteiger partial charge in [0.2, 0.25) is 0 Å². The first-order valence-corrected chi connectivity index (χ1v) is 9.08. The van der Waals surface area contributed by atoms with Crippen molar-refractivity contribution < 1.29 is 4.39 Å². The van der Waals surface area contributed by atoms with Crippen molar-refractivity contribution >= 4 is 31.9 Å². The Morgan fingerprint density at radius 2 is 2.00 bits per heavy atom. The van der Waals surface area contributed by atoms with Gasteiger partial charge in [0.05, 0.1) is 0 Å². The number of halogens is 3. The molecule has 0 spiro atoms. The maximum absolute atomic E-state index is 13.2. The van der Waals surface area contributed by atoms with Gasteiger partial charge in [0, 0.05) is 9.30 Å². The molecule has 0 saturated heterocycles. The fourth-order valence-electron chi connectivity index (χ4n) is 3.48. The number of rotatable bonds is 3. The summed E-state index contributed by atoms with van der Waals surface area (Å²) >= 11 is 7.40. The van der Waals surface area contributed by atoms with E-state index in [2.05, 4.69) is 52.6 Å². The fourth-order valence-corrected chi connectivity index (χ4v) is 5.59. The predicted octanol–water partition coefficient (Wildman–Crippen LogP) is 6.36. The lowest BCUT2D eigenvalue weighted by atomic mass is 9.66. The van der Waals surface area contributed by atoms with E-state index >= 15 is 0 Å². The summed E-state index contributed by atoms with van der Waals surface area (Å²) in [5.41, 5.74) is 1.42. The molecule has 3 heteroatoms. The van der Waals surface area contributed by atoms with Crippen molar-refractivity contribution in [3.05, 3.63) is 34.1 Å². The number of alkyl halides is 1. The summed E-state index contributed by atoms with van der Waals surface area (Å²) in [6.07, 6.45) is 4.84. The minimum absolute atomic E-state index is 0.178. The molecular formula is C17H23Br2F. The summed E-state index contributed by atoms with van der Waals surface area (Å²) < 4.78 is 14.1. The predicted molar refractivity (Wildman–Crippen MR) is 90.8 cm³/mol. The molecule has 112 valence electrons. The van der Waals surface area contributed by atoms with Gasteiger partial charge in [-0.15, -0.1) is 0 Å². The lowest BCUT2D eigenvalue weighted by Gasteiger charge is -2.42. The van der Waals surface area contributed by atoms with E-state index in [1.165, 1.54) is 24.8 Å². The zero-order valence-electron chi connectivity index (χ0n) is 12.4. The molecule has 0 N–H and O–H groups in total. The fraction of sp³-hybridized carbons (Fsp3) is 0.647. The van der Waals surface area contributed by atoms with Gasteiger partial charge in [0.1, 0.15) is 5.82 Å². The third-order valence-electron chi connectivity index (χ3n) is 4.70. The molecule has 1 saturated carbocycles. The average molecular weight is 406 g/mol. The van der Waals surface area contributed by atoms with E-state index in [9.17, 15) is 4.39 Å². The third kappa shape index (κ3) is 3.85. The standard InChI is InChI=1S/C17H23Br2F/c1-11-4-7-14(16(19)8-11)17(2,3)10-12-5-6-13(20)9-15(12)18/h5-6,9,11,14,16H,4,7-8,10H2,1-3H3. The summed E-state index contributed by atoms with van der Waals surface area (Å²) in [6.45, 7) is 7.03. The van der Waals surface area contributed by atoms with Crippen LogP contribution in [0.15, 0.2) is 22.7 Å². The van der Waals surface area contributed by atoms with Crippen molar-refractivity contribution in [3.63, 3.8) is 0 Å². The Bertz CT molecular complexity index is 470. The van der Waals surface area contributed by atoms with Gasteiger partial charge in [-0.1, -0.05) is 65.1 Å². The molecule has 1 fully saturated rings. The summed E-state index contributed by atoms with van der Waals surface area (Å²) in [7, 11) is 0. The topological polar surface area (TPSA) is 0 Å². The second kappa shape index (κ2) is 6.48. The lowest BCUT2D eigenvalue weighted by Crippen LogP contribution is -2.37. The molecule has 1 aliphatic carbocycles. The van der Waals surface area contributed by atoms with E-state index in [1.54, 1.807) is 12.1 Å². The Morgan fingerprint density at radius 3 is 2.60 bits per heavy atom. The van der Waals surface area contributed by atoms with Crippen LogP contribution in [0, 0.1) is 23.1 Å². The zero-order chi connectivity index (χ0) is 14.9. The lowest BCUT2D eigenvalue weighted by molar-refractivity contribution is 0.146. The Morgan fingerprint density at radius 1 is 1.30 bits per heavy atom. The van der Waals surface area contributed by atoms with Crippen LogP contribution in [0.4, 0.5) is 4.39 Å². The normalized spacial score (nSPS) is 27.6. The van der Waals surface area contributed by atoms with Crippen LogP contribution in [0.3, 0.4) is 0 Å². The van der Waals surface area contributed by atoms with Crippen LogP contribution >= 0.6 is 31.9 Å². The van der Waals surface area contributed by atoms with E-state index < -0.39 is 0 Å². The summed E-state index contributed by atoms with van der Waals surface area (Å²) in [4.78, 5) is 0.598. The zero-order valence-corrected chi connectivity index (χ0v) is 15.6. The highest BCUT2D eigenvalue weighted by atomic mass is 79.9. The highest BCUT2D eigenvalue weighted by Crippen LogP contribution is 2.45. The SMILES string of the molecule is CC1CCC(C(C)(C)Cc2ccc(F)cc2Br)C(Br)C1. The molecule has 2 rings (SSSR count). The van der Waals surface area contributed by atoms with Gasteiger partial charge in [-0.05, 0) is 54.2 Å². The number of benzene rings is 1. The second-order valence-corrected chi connectivity index (χ2v) is 8.97. The molecule has 0 aromatic heterocycles. The minimum atomic E-state index is -0.178. The molecule has 0 bridgehead atoms. The van der Waals surface area contributed by atoms with E-state index in [0.717, 1.165) is 16.8 Å². The number of hydrogen-bond donors (Lipinski definition) is 0. The molecule has 0 radical (unpaired) electrons. The minimum Gasteiger partial charge on any atom is -0.207 e. The summed E-state index contributed by atoms with van der Waals surface area (Å²) in [5.74, 6) is 1.32. The van der Waals surface area contributed by atoms with Crippen LogP contribution in [0.25, 0.3) is 0 Å². The van der Waals surface area contributed by atoms with Gasteiger partial charge in [-0.2, -0.15) is 0 Å². The second-order valence-electron chi connectivity index (χ2n) is 6.94. The molecule has 1 aromatic carbocycles. The van der Waals surface area contributed by atoms with E-state index in [1.807, 2.05) is 6.07 Å². The van der Waals surface area contributed by atoms with Crippen molar-refractivity contribution in [3.8, 4) is 0 Å². The molecule has 1 aliphatic rings. The van der Waals surface area contributed by atoms with Crippen molar-refractivity contribution in [2.75, 3.05) is 0 Å². The maximum Gasteiger partial charge on any atom is 0.124 e. The molecule has 0 heterocycles. The quantitative estimate of drug-likeness (QED) is 0.513. The molecule has 20 heavy (non-hydrogen) atoms. The van der Waals surface area contributed by atoms with Crippen molar-refractivity contribution in [2.45, 2.75) is 51.3 Å². The molecule has 0 amide bonds. The van der Waals surface area contributed by atoms with E-state index in [0.29, 0.717) is 10.7 Å². The van der Waals surface area contributed by atoms with Crippen LogP contribution in [0.2, 0.25) is 0 Å². The highest BCUT2D eigenvalue weighted by Gasteiger charge is 2.38. The molecule has 0 aliphatic heterocycles. The molecular weight excluding hydrogens is 383 g/mol. The molecule has 3 atom stereocenters. The Hall–Kier alpha value is 0.110. The third-order valence-corrected chi connectivity index (χ3v) is 6.45. The van der Waals surface area contributed by atoms with Gasteiger partial charge in [-0.3, -0.25) is 0 Å². The maximum atomic E-state index is 13.2. The summed E-state index contributed by atoms with van der Waals surface area (Å²) in [5, 5.41) is 0. The summed E-state index contributed by atoms with van der Waals surface area (Å²) in [6, 6.07) is 5.04. The molecule has 1 aromatic rings. The van der Waals surface area contributed by atoms with Crippen molar-refractivity contribution in [1.82, 2.24) is 0 Å². The van der Waals surface area contributed by atoms with Gasteiger partial charge < -0.3 is 0 Å². The van der Waals surface area contributed by atoms with Crippen LogP contribution in [0.5, 0.6) is 0 Å². The van der Waals surface area contributed by atoms with Crippen LogP contribution < -0.4 is 0 Å². The van der Waals surface area contributed by atoms with Crippen molar-refractivity contribution in [1.29, 1.82) is 0 Å². The van der Waals surface area contributed by atoms with E-state index in [4.69, 9.17) is 0 Å². The van der Waals surface area contributed by atoms with Gasteiger partial charge in [-0.25, -0.2) is 4.39 Å². The first-order valence-electron chi connectivity index (χ1n) is 7.37. The Labute approximate surface area is 138 Å². The average Bonchev–Trinajstić information content (AvgIpc) is 2.32. The molecule has 0 nitrogen and oxygen atoms in total. The van der Waals surface area contributed by atoms with Crippen LogP contribution in [0.1, 0.15) is 45.6 Å². The van der Waals surface area contributed by atoms with Gasteiger partial charge in [0.15, 0.2) is 0 Å². The van der Waals surface area contributed by atoms with Gasteiger partial charge in [0.25, 0.3) is 0 Å². The smallest absolute Gasteiger partial charge is 0.124 e. The van der Waals surface area contributed by atoms with Gasteiger partial charge >= 0.3 is 0 Å². The number of hydrogen-bond acceptors (Lipinski definition) is 0. The monoisotopic (exact) mass is 404 g/mol. The Kier molecular flexibility index (Phi) is 5.34. The first kappa shape index (κ1) is 16.5. The van der Waals surface area contributed by atoms with Crippen LogP contribution in [-0.4, -0.2) is 4.83 Å². The first-order chi connectivity index (χ1) is 9.29. The highest BCUT2D eigenvalue weighted by molar-refractivity contribution is 9.10. The molecule has 3 unspecified atom stereocenters. The van der Waals surface area contributed by atoms with Crippen LogP contribution in [-0.2, 0) is 6.42 Å².